The minimum atomic E-state index is -0.296. The van der Waals surface area contributed by atoms with Crippen molar-refractivity contribution in [2.75, 3.05) is 27.4 Å². The van der Waals surface area contributed by atoms with E-state index < -0.39 is 0 Å². The van der Waals surface area contributed by atoms with Crippen LogP contribution in [0.3, 0.4) is 0 Å². The van der Waals surface area contributed by atoms with Gasteiger partial charge in [-0.05, 0) is 61.1 Å². The second kappa shape index (κ2) is 9.46. The second-order valence-corrected chi connectivity index (χ2v) is 10.7. The van der Waals surface area contributed by atoms with Crippen molar-refractivity contribution in [2.45, 2.75) is 44.3 Å². The number of fused-ring (bicyclic) bond motifs is 6. The zero-order valence-electron chi connectivity index (χ0n) is 20.5. The smallest absolute Gasteiger partial charge is 0.331 e. The Morgan fingerprint density at radius 3 is 2.86 bits per heavy atom. The maximum atomic E-state index is 13.6. The molecule has 1 aliphatic carbocycles. The number of hydrogen-bond acceptors (Lipinski definition) is 7. The van der Waals surface area contributed by atoms with Gasteiger partial charge in [-0.25, -0.2) is 4.79 Å². The summed E-state index contributed by atoms with van der Waals surface area (Å²) in [5.74, 6) is 1.87. The minimum Gasteiger partial charge on any atom is -0.496 e. The molecule has 1 aliphatic heterocycles. The Bertz CT molecular complexity index is 1560. The van der Waals surface area contributed by atoms with Gasteiger partial charge in [0.2, 0.25) is 0 Å². The highest BCUT2D eigenvalue weighted by molar-refractivity contribution is 7.25. The van der Waals surface area contributed by atoms with Gasteiger partial charge in [-0.3, -0.25) is 18.9 Å². The molecule has 1 unspecified atom stereocenters. The maximum Gasteiger partial charge on any atom is 0.331 e. The summed E-state index contributed by atoms with van der Waals surface area (Å²) in [6.45, 7) is 2.07. The van der Waals surface area contributed by atoms with Crippen molar-refractivity contribution in [2.24, 2.45) is 5.92 Å². The van der Waals surface area contributed by atoms with Crippen LogP contribution in [0, 0.1) is 5.92 Å². The molecule has 2 aliphatic rings. The highest BCUT2D eigenvalue weighted by Crippen LogP contribution is 2.45. The molecule has 0 radical (unpaired) electrons. The zero-order chi connectivity index (χ0) is 24.8. The molecule has 1 fully saturated rings. The number of nitrogens with one attached hydrogen (secondary N) is 1. The van der Waals surface area contributed by atoms with Gasteiger partial charge in [0.05, 0.1) is 30.5 Å². The number of pyridine rings is 1. The first kappa shape index (κ1) is 23.4. The first-order chi connectivity index (χ1) is 17.6. The summed E-state index contributed by atoms with van der Waals surface area (Å²) in [5.41, 5.74) is 3.43. The van der Waals surface area contributed by atoms with Gasteiger partial charge < -0.3 is 14.8 Å². The van der Waals surface area contributed by atoms with E-state index >= 15 is 0 Å². The molecule has 8 nitrogen and oxygen atoms in total. The molecule has 0 saturated carbocycles. The molecule has 4 aromatic rings. The predicted octanol–water partition coefficient (Wildman–Crippen LogP) is 3.14. The summed E-state index contributed by atoms with van der Waals surface area (Å²) in [7, 11) is 3.34. The maximum absolute atomic E-state index is 13.6. The Balaban J connectivity index is 1.37. The van der Waals surface area contributed by atoms with Crippen molar-refractivity contribution in [1.29, 1.82) is 0 Å². The molecule has 188 valence electrons. The Morgan fingerprint density at radius 1 is 1.14 bits per heavy atom. The molecule has 3 aromatic heterocycles. The van der Waals surface area contributed by atoms with Crippen LogP contribution in [0.15, 0.2) is 46.1 Å². The van der Waals surface area contributed by atoms with Crippen LogP contribution in [0.1, 0.15) is 29.9 Å². The van der Waals surface area contributed by atoms with E-state index in [1.165, 1.54) is 27.0 Å². The van der Waals surface area contributed by atoms with Gasteiger partial charge in [0.1, 0.15) is 16.0 Å². The first-order valence-electron chi connectivity index (χ1n) is 12.5. The van der Waals surface area contributed by atoms with Gasteiger partial charge in [0.25, 0.3) is 5.56 Å². The second-order valence-electron chi connectivity index (χ2n) is 9.67. The van der Waals surface area contributed by atoms with Gasteiger partial charge in [-0.1, -0.05) is 12.1 Å². The Labute approximate surface area is 212 Å². The summed E-state index contributed by atoms with van der Waals surface area (Å²) in [5, 5.41) is 3.70. The fourth-order valence-electron chi connectivity index (χ4n) is 6.22. The molecule has 1 N–H and O–H groups in total. The molecule has 0 bridgehead atoms. The lowest BCUT2D eigenvalue weighted by atomic mass is 9.73. The van der Waals surface area contributed by atoms with E-state index in [2.05, 4.69) is 22.4 Å². The van der Waals surface area contributed by atoms with E-state index in [1.807, 2.05) is 18.2 Å². The fourth-order valence-corrected chi connectivity index (χ4v) is 7.33. The van der Waals surface area contributed by atoms with Gasteiger partial charge in [0, 0.05) is 31.8 Å². The number of aromatic nitrogens is 3. The van der Waals surface area contributed by atoms with Gasteiger partial charge in [-0.15, -0.1) is 11.3 Å². The number of ether oxygens (including phenoxy) is 2. The standard InChI is InChI=1S/C27H30N4O4S/c1-34-14-13-30-24-23-21(7-4-11-28-23)36-25(24)26(32)31(27(30)33)12-10-19-22-16(15-29-19)8-9-17-18(22)5-3-6-20(17)35-2/h3-7,11,16,19,22,29H,8-10,12-15H2,1-2H3/t16-,19?,22+/m0/s1. The van der Waals surface area contributed by atoms with Crippen molar-refractivity contribution < 1.29 is 9.47 Å². The molecule has 3 atom stereocenters. The number of hydrogen-bond donors (Lipinski definition) is 1. The van der Waals surface area contributed by atoms with E-state index in [9.17, 15) is 9.59 Å². The topological polar surface area (TPSA) is 87.4 Å². The van der Waals surface area contributed by atoms with Crippen LogP contribution < -0.4 is 21.3 Å². The van der Waals surface area contributed by atoms with Crippen LogP contribution in [0.5, 0.6) is 5.75 Å². The van der Waals surface area contributed by atoms with E-state index in [0.29, 0.717) is 53.7 Å². The number of nitrogens with zero attached hydrogens (tertiary/aromatic N) is 3. The number of benzene rings is 1. The third-order valence-corrected chi connectivity index (χ3v) is 8.99. The molecular formula is C27H30N4O4S. The average molecular weight is 507 g/mol. The molecule has 4 heterocycles. The van der Waals surface area contributed by atoms with E-state index in [0.717, 1.165) is 29.8 Å². The number of rotatable bonds is 7. The van der Waals surface area contributed by atoms with Crippen LogP contribution in [0.4, 0.5) is 0 Å². The molecular weight excluding hydrogens is 476 g/mol. The summed E-state index contributed by atoms with van der Waals surface area (Å²) in [4.78, 5) is 31.7. The van der Waals surface area contributed by atoms with Crippen molar-refractivity contribution in [3.05, 3.63) is 68.5 Å². The molecule has 0 spiro atoms. The quantitative estimate of drug-likeness (QED) is 0.415. The first-order valence-corrected chi connectivity index (χ1v) is 13.3. The lowest BCUT2D eigenvalue weighted by Crippen LogP contribution is -2.41. The average Bonchev–Trinajstić information content (AvgIpc) is 3.50. The number of methoxy groups -OCH3 is 2. The third-order valence-electron chi connectivity index (χ3n) is 7.87. The van der Waals surface area contributed by atoms with Gasteiger partial charge >= 0.3 is 5.69 Å². The van der Waals surface area contributed by atoms with Crippen molar-refractivity contribution in [3.8, 4) is 5.75 Å². The van der Waals surface area contributed by atoms with Crippen molar-refractivity contribution in [3.63, 3.8) is 0 Å². The van der Waals surface area contributed by atoms with Crippen LogP contribution in [-0.2, 0) is 24.2 Å². The van der Waals surface area contributed by atoms with E-state index in [1.54, 1.807) is 25.0 Å². The normalized spacial score (nSPS) is 21.1. The largest absolute Gasteiger partial charge is 0.496 e. The Morgan fingerprint density at radius 2 is 2.03 bits per heavy atom. The minimum absolute atomic E-state index is 0.194. The van der Waals surface area contributed by atoms with Gasteiger partial charge in [-0.2, -0.15) is 0 Å². The summed E-state index contributed by atoms with van der Waals surface area (Å²) in [6, 6.07) is 10.3. The fraction of sp³-hybridized carbons (Fsp3) is 0.444. The Hall–Kier alpha value is -3.01. The molecule has 9 heteroatoms. The van der Waals surface area contributed by atoms with Crippen LogP contribution in [0.25, 0.3) is 20.4 Å². The van der Waals surface area contributed by atoms with Gasteiger partial charge in [0.15, 0.2) is 0 Å². The zero-order valence-corrected chi connectivity index (χ0v) is 21.3. The number of thiophene rings is 1. The SMILES string of the molecule is COCCn1c(=O)n(CCC2NC[C@@H]3CCc4c(OC)cccc4[C@H]23)c(=O)c2sc3cccnc3c21. The van der Waals surface area contributed by atoms with Crippen molar-refractivity contribution in [1.82, 2.24) is 19.4 Å². The van der Waals surface area contributed by atoms with E-state index in [4.69, 9.17) is 9.47 Å². The highest BCUT2D eigenvalue weighted by Gasteiger charge is 2.40. The van der Waals surface area contributed by atoms with Crippen molar-refractivity contribution >= 4 is 31.8 Å². The van der Waals surface area contributed by atoms with Crippen LogP contribution in [-0.4, -0.2) is 47.5 Å². The molecule has 1 aromatic carbocycles. The molecule has 6 rings (SSSR count). The lowest BCUT2D eigenvalue weighted by Gasteiger charge is -2.32. The van der Waals surface area contributed by atoms with Crippen LogP contribution in [0.2, 0.25) is 0 Å². The summed E-state index contributed by atoms with van der Waals surface area (Å²) < 4.78 is 15.5. The van der Waals surface area contributed by atoms with E-state index in [-0.39, 0.29) is 17.3 Å². The molecule has 36 heavy (non-hydrogen) atoms. The third kappa shape index (κ3) is 3.68. The summed E-state index contributed by atoms with van der Waals surface area (Å²) in [6.07, 6.45) is 4.54. The van der Waals surface area contributed by atoms with Crippen LogP contribution >= 0.6 is 11.3 Å². The highest BCUT2D eigenvalue weighted by atomic mass is 32.1. The lowest BCUT2D eigenvalue weighted by molar-refractivity contribution is 0.186. The Kier molecular flexibility index (Phi) is 6.15. The predicted molar refractivity (Wildman–Crippen MR) is 141 cm³/mol. The molecule has 1 saturated heterocycles. The molecule has 0 amide bonds. The monoisotopic (exact) mass is 506 g/mol. The summed E-state index contributed by atoms with van der Waals surface area (Å²) >= 11 is 1.40.